The lowest BCUT2D eigenvalue weighted by Gasteiger charge is -2.08. The predicted molar refractivity (Wildman–Crippen MR) is 91.6 cm³/mol. The Morgan fingerprint density at radius 1 is 1.13 bits per heavy atom. The van der Waals surface area contributed by atoms with E-state index in [9.17, 15) is 9.59 Å². The first-order valence-electron chi connectivity index (χ1n) is 6.93. The van der Waals surface area contributed by atoms with E-state index < -0.39 is 5.97 Å². The van der Waals surface area contributed by atoms with Crippen LogP contribution in [-0.2, 0) is 9.53 Å². The van der Waals surface area contributed by atoms with Crippen molar-refractivity contribution in [2.75, 3.05) is 12.4 Å². The van der Waals surface area contributed by atoms with Crippen molar-refractivity contribution in [2.24, 2.45) is 0 Å². The second kappa shape index (κ2) is 7.61. The van der Waals surface area contributed by atoms with Gasteiger partial charge in [0.15, 0.2) is 0 Å². The number of halogens is 1. The molecular formula is C18H16ClNO3. The van der Waals surface area contributed by atoms with Crippen molar-refractivity contribution < 1.29 is 14.3 Å². The minimum atomic E-state index is -0.447. The average molecular weight is 330 g/mol. The molecule has 0 saturated carbocycles. The van der Waals surface area contributed by atoms with Crippen LogP contribution in [-0.4, -0.2) is 19.0 Å². The summed E-state index contributed by atoms with van der Waals surface area (Å²) in [5.41, 5.74) is 2.67. The van der Waals surface area contributed by atoms with E-state index in [-0.39, 0.29) is 5.91 Å². The van der Waals surface area contributed by atoms with Gasteiger partial charge in [-0.1, -0.05) is 29.8 Å². The van der Waals surface area contributed by atoms with Crippen molar-refractivity contribution in [3.63, 3.8) is 0 Å². The van der Waals surface area contributed by atoms with Gasteiger partial charge in [-0.15, -0.1) is 0 Å². The molecule has 0 bridgehead atoms. The van der Waals surface area contributed by atoms with Gasteiger partial charge in [0.05, 0.1) is 12.7 Å². The SMILES string of the molecule is COC(=O)c1ccc(C)c(NC(=O)/C=C/c2ccc(Cl)cc2)c1. The normalized spacial score (nSPS) is 10.6. The van der Waals surface area contributed by atoms with Gasteiger partial charge in [0.1, 0.15) is 0 Å². The number of esters is 1. The Balaban J connectivity index is 2.10. The molecule has 0 unspecified atom stereocenters. The van der Waals surface area contributed by atoms with E-state index in [1.165, 1.54) is 13.2 Å². The van der Waals surface area contributed by atoms with Gasteiger partial charge in [-0.05, 0) is 48.4 Å². The molecule has 0 aromatic heterocycles. The van der Waals surface area contributed by atoms with Crippen LogP contribution in [0.15, 0.2) is 48.5 Å². The van der Waals surface area contributed by atoms with Crippen molar-refractivity contribution in [3.05, 3.63) is 70.3 Å². The Morgan fingerprint density at radius 3 is 2.48 bits per heavy atom. The van der Waals surface area contributed by atoms with Crippen LogP contribution in [0.5, 0.6) is 0 Å². The number of aryl methyl sites for hydroxylation is 1. The minimum Gasteiger partial charge on any atom is -0.465 e. The lowest BCUT2D eigenvalue weighted by atomic mass is 10.1. The van der Waals surface area contributed by atoms with E-state index in [1.54, 1.807) is 36.4 Å². The Labute approximate surface area is 139 Å². The smallest absolute Gasteiger partial charge is 0.337 e. The molecular weight excluding hydrogens is 314 g/mol. The number of carbonyl (C=O) groups excluding carboxylic acids is 2. The zero-order valence-corrected chi connectivity index (χ0v) is 13.6. The van der Waals surface area contributed by atoms with Gasteiger partial charge in [-0.2, -0.15) is 0 Å². The molecule has 1 amide bonds. The molecule has 0 aliphatic rings. The van der Waals surface area contributed by atoms with Gasteiger partial charge in [0.25, 0.3) is 0 Å². The summed E-state index contributed by atoms with van der Waals surface area (Å²) in [4.78, 5) is 23.6. The molecule has 23 heavy (non-hydrogen) atoms. The number of anilines is 1. The van der Waals surface area contributed by atoms with E-state index >= 15 is 0 Å². The fourth-order valence-corrected chi connectivity index (χ4v) is 2.05. The second-order valence-electron chi connectivity index (χ2n) is 4.90. The number of nitrogens with one attached hydrogen (secondary N) is 1. The number of rotatable bonds is 4. The summed E-state index contributed by atoms with van der Waals surface area (Å²) in [5.74, 6) is -0.734. The molecule has 0 aliphatic carbocycles. The summed E-state index contributed by atoms with van der Waals surface area (Å²) in [6, 6.07) is 12.1. The van der Waals surface area contributed by atoms with Gasteiger partial charge in [0, 0.05) is 16.8 Å². The first-order valence-corrected chi connectivity index (χ1v) is 7.31. The topological polar surface area (TPSA) is 55.4 Å². The summed E-state index contributed by atoms with van der Waals surface area (Å²) in [6.45, 7) is 1.85. The molecule has 4 nitrogen and oxygen atoms in total. The Morgan fingerprint density at radius 2 is 1.83 bits per heavy atom. The third-order valence-electron chi connectivity index (χ3n) is 3.21. The maximum absolute atomic E-state index is 12.0. The summed E-state index contributed by atoms with van der Waals surface area (Å²) in [5, 5.41) is 3.39. The zero-order chi connectivity index (χ0) is 16.8. The van der Waals surface area contributed by atoms with Crippen LogP contribution in [0, 0.1) is 6.92 Å². The predicted octanol–water partition coefficient (Wildman–Crippen LogP) is 4.09. The standard InChI is InChI=1S/C18H16ClNO3/c1-12-3-7-14(18(22)23-2)11-16(12)20-17(21)10-6-13-4-8-15(19)9-5-13/h3-11H,1-2H3,(H,20,21)/b10-6+. The van der Waals surface area contributed by atoms with Gasteiger partial charge in [0.2, 0.25) is 5.91 Å². The number of hydrogen-bond acceptors (Lipinski definition) is 3. The number of carbonyl (C=O) groups is 2. The summed E-state index contributed by atoms with van der Waals surface area (Å²) in [6.07, 6.45) is 3.11. The van der Waals surface area contributed by atoms with Crippen LogP contribution in [0.1, 0.15) is 21.5 Å². The Kier molecular flexibility index (Phi) is 5.55. The van der Waals surface area contributed by atoms with Crippen molar-refractivity contribution in [1.82, 2.24) is 0 Å². The molecule has 0 heterocycles. The summed E-state index contributed by atoms with van der Waals surface area (Å²) in [7, 11) is 1.31. The third kappa shape index (κ3) is 4.69. The van der Waals surface area contributed by atoms with Crippen LogP contribution in [0.2, 0.25) is 5.02 Å². The number of benzene rings is 2. The van der Waals surface area contributed by atoms with E-state index in [0.717, 1.165) is 11.1 Å². The quantitative estimate of drug-likeness (QED) is 0.679. The maximum atomic E-state index is 12.0. The van der Waals surface area contributed by atoms with Gasteiger partial charge in [-0.25, -0.2) is 4.79 Å². The molecule has 0 fully saturated rings. The largest absolute Gasteiger partial charge is 0.465 e. The first kappa shape index (κ1) is 16.8. The number of methoxy groups -OCH3 is 1. The van der Waals surface area contributed by atoms with Gasteiger partial charge in [-0.3, -0.25) is 4.79 Å². The second-order valence-corrected chi connectivity index (χ2v) is 5.33. The van der Waals surface area contributed by atoms with Crippen molar-refractivity contribution >= 4 is 35.2 Å². The molecule has 1 N–H and O–H groups in total. The first-order chi connectivity index (χ1) is 11.0. The van der Waals surface area contributed by atoms with Crippen molar-refractivity contribution in [2.45, 2.75) is 6.92 Å². The number of amides is 1. The maximum Gasteiger partial charge on any atom is 0.337 e. The summed E-state index contributed by atoms with van der Waals surface area (Å²) >= 11 is 5.81. The van der Waals surface area contributed by atoms with Crippen LogP contribution >= 0.6 is 11.6 Å². The fourth-order valence-electron chi connectivity index (χ4n) is 1.92. The van der Waals surface area contributed by atoms with E-state index in [1.807, 2.05) is 19.1 Å². The molecule has 0 spiro atoms. The molecule has 2 aromatic carbocycles. The lowest BCUT2D eigenvalue weighted by molar-refractivity contribution is -0.111. The van der Waals surface area contributed by atoms with Crippen molar-refractivity contribution in [1.29, 1.82) is 0 Å². The third-order valence-corrected chi connectivity index (χ3v) is 3.47. The highest BCUT2D eigenvalue weighted by atomic mass is 35.5. The van der Waals surface area contributed by atoms with E-state index in [0.29, 0.717) is 16.3 Å². The van der Waals surface area contributed by atoms with Gasteiger partial charge < -0.3 is 10.1 Å². The number of ether oxygens (including phenoxy) is 1. The summed E-state index contributed by atoms with van der Waals surface area (Å²) < 4.78 is 4.67. The lowest BCUT2D eigenvalue weighted by Crippen LogP contribution is -2.10. The molecule has 5 heteroatoms. The van der Waals surface area contributed by atoms with Gasteiger partial charge >= 0.3 is 5.97 Å². The molecule has 2 rings (SSSR count). The highest BCUT2D eigenvalue weighted by Crippen LogP contribution is 2.18. The average Bonchev–Trinajstić information content (AvgIpc) is 2.55. The van der Waals surface area contributed by atoms with Crippen LogP contribution in [0.4, 0.5) is 5.69 Å². The van der Waals surface area contributed by atoms with Crippen LogP contribution in [0.3, 0.4) is 0 Å². The van der Waals surface area contributed by atoms with E-state index in [4.69, 9.17) is 11.6 Å². The van der Waals surface area contributed by atoms with Crippen LogP contribution in [0.25, 0.3) is 6.08 Å². The monoisotopic (exact) mass is 329 g/mol. The Bertz CT molecular complexity index is 751. The molecule has 0 radical (unpaired) electrons. The highest BCUT2D eigenvalue weighted by Gasteiger charge is 2.09. The van der Waals surface area contributed by atoms with Crippen molar-refractivity contribution in [3.8, 4) is 0 Å². The fraction of sp³-hybridized carbons (Fsp3) is 0.111. The minimum absolute atomic E-state index is 0.287. The van der Waals surface area contributed by atoms with Crippen LogP contribution < -0.4 is 5.32 Å². The molecule has 118 valence electrons. The molecule has 0 aliphatic heterocycles. The highest BCUT2D eigenvalue weighted by molar-refractivity contribution is 6.30. The Hall–Kier alpha value is -2.59. The van der Waals surface area contributed by atoms with E-state index in [2.05, 4.69) is 10.1 Å². The molecule has 0 saturated heterocycles. The zero-order valence-electron chi connectivity index (χ0n) is 12.8. The molecule has 0 atom stereocenters. The molecule has 2 aromatic rings. The number of hydrogen-bond donors (Lipinski definition) is 1.